The van der Waals surface area contributed by atoms with Gasteiger partial charge in [0.2, 0.25) is 5.91 Å². The normalized spacial score (nSPS) is 15.5. The third kappa shape index (κ3) is 4.01. The lowest BCUT2D eigenvalue weighted by Crippen LogP contribution is -2.27. The zero-order valence-corrected chi connectivity index (χ0v) is 17.0. The van der Waals surface area contributed by atoms with Crippen molar-refractivity contribution >= 4 is 23.0 Å². The van der Waals surface area contributed by atoms with Gasteiger partial charge in [-0.25, -0.2) is 5.01 Å². The van der Waals surface area contributed by atoms with E-state index >= 15 is 0 Å². The lowest BCUT2D eigenvalue weighted by Gasteiger charge is -2.22. The molecule has 6 nitrogen and oxygen atoms in total. The van der Waals surface area contributed by atoms with Gasteiger partial charge in [-0.05, 0) is 37.1 Å². The summed E-state index contributed by atoms with van der Waals surface area (Å²) in [4.78, 5) is 12.8. The minimum atomic E-state index is -0.0324. The van der Waals surface area contributed by atoms with Crippen LogP contribution in [-0.4, -0.2) is 26.9 Å². The van der Waals surface area contributed by atoms with E-state index in [1.807, 2.05) is 35.2 Å². The summed E-state index contributed by atoms with van der Waals surface area (Å²) in [6.07, 6.45) is 5.23. The van der Waals surface area contributed by atoms with Crippen LogP contribution in [0.2, 0.25) is 0 Å². The van der Waals surface area contributed by atoms with Crippen LogP contribution in [0.5, 0.6) is 0 Å². The molecule has 0 spiro atoms. The highest BCUT2D eigenvalue weighted by molar-refractivity contribution is 5.81. The van der Waals surface area contributed by atoms with Gasteiger partial charge in [0.1, 0.15) is 0 Å². The molecule has 0 saturated heterocycles. The van der Waals surface area contributed by atoms with Gasteiger partial charge in [0.25, 0.3) is 0 Å². The maximum absolute atomic E-state index is 12.8. The maximum atomic E-state index is 12.8. The zero-order valence-electron chi connectivity index (χ0n) is 17.0. The summed E-state index contributed by atoms with van der Waals surface area (Å²) in [5.41, 5.74) is 4.77. The summed E-state index contributed by atoms with van der Waals surface area (Å²) in [5.74, 6) is 0.000362. The number of hydrazone groups is 1. The number of aryl methyl sites for hydroxylation is 1. The van der Waals surface area contributed by atoms with E-state index in [4.69, 9.17) is 5.26 Å². The van der Waals surface area contributed by atoms with Crippen LogP contribution < -0.4 is 0 Å². The number of hydrogen-bond donors (Lipinski definition) is 0. The Balaban J connectivity index is 1.37. The lowest BCUT2D eigenvalue weighted by atomic mass is 10.0. The first-order chi connectivity index (χ1) is 14.5. The Morgan fingerprint density at radius 1 is 1.27 bits per heavy atom. The summed E-state index contributed by atoms with van der Waals surface area (Å²) in [6, 6.07) is 15.8. The molecule has 1 aliphatic heterocycles. The molecule has 6 heteroatoms. The van der Waals surface area contributed by atoms with E-state index < -0.39 is 0 Å². The smallest absolute Gasteiger partial charge is 0.243 e. The molecule has 2 aromatic carbocycles. The first-order valence-corrected chi connectivity index (χ1v) is 9.98. The number of nitriles is 1. The number of allylic oxidation sites excluding steroid dienone is 1. The van der Waals surface area contributed by atoms with Crippen LogP contribution in [0.15, 0.2) is 65.9 Å². The molecular weight excluding hydrogens is 374 g/mol. The monoisotopic (exact) mass is 397 g/mol. The second-order valence-corrected chi connectivity index (χ2v) is 7.64. The highest BCUT2D eigenvalue weighted by Gasteiger charge is 2.27. The number of carbonyl (C=O) groups is 1. The van der Waals surface area contributed by atoms with Crippen LogP contribution in [0, 0.1) is 18.3 Å². The predicted octanol–water partition coefficient (Wildman–Crippen LogP) is 4.51. The van der Waals surface area contributed by atoms with Crippen LogP contribution in [-0.2, 0) is 11.3 Å². The largest absolute Gasteiger partial charge is 0.273 e. The zero-order chi connectivity index (χ0) is 21.1. The van der Waals surface area contributed by atoms with Crippen molar-refractivity contribution in [1.29, 1.82) is 5.26 Å². The van der Waals surface area contributed by atoms with Crippen LogP contribution >= 0.6 is 0 Å². The number of hydrogen-bond acceptors (Lipinski definition) is 4. The summed E-state index contributed by atoms with van der Waals surface area (Å²) < 4.78 is 1.85. The second kappa shape index (κ2) is 8.34. The number of fused-ring (bicyclic) bond motifs is 1. The summed E-state index contributed by atoms with van der Waals surface area (Å²) >= 11 is 0. The fraction of sp³-hybridized carbons (Fsp3) is 0.250. The second-order valence-electron chi connectivity index (χ2n) is 7.64. The van der Waals surface area contributed by atoms with Crippen molar-refractivity contribution < 1.29 is 4.79 Å². The summed E-state index contributed by atoms with van der Waals surface area (Å²) in [6.45, 7) is 6.72. The fourth-order valence-corrected chi connectivity index (χ4v) is 3.78. The van der Waals surface area contributed by atoms with Gasteiger partial charge < -0.3 is 0 Å². The Morgan fingerprint density at radius 2 is 2.13 bits per heavy atom. The molecule has 1 unspecified atom stereocenters. The summed E-state index contributed by atoms with van der Waals surface area (Å²) in [7, 11) is 0. The van der Waals surface area contributed by atoms with Crippen molar-refractivity contribution in [2.45, 2.75) is 38.8 Å². The van der Waals surface area contributed by atoms with Gasteiger partial charge in [0.05, 0.1) is 35.9 Å². The van der Waals surface area contributed by atoms with Gasteiger partial charge >= 0.3 is 0 Å². The van der Waals surface area contributed by atoms with Crippen molar-refractivity contribution in [3.63, 3.8) is 0 Å². The van der Waals surface area contributed by atoms with E-state index in [1.165, 1.54) is 5.56 Å². The fourth-order valence-electron chi connectivity index (χ4n) is 3.78. The van der Waals surface area contributed by atoms with Crippen LogP contribution in [0.1, 0.15) is 42.0 Å². The number of benzene rings is 2. The van der Waals surface area contributed by atoms with E-state index in [0.717, 1.165) is 28.5 Å². The number of nitrogens with zero attached hydrogens (tertiary/aromatic N) is 5. The van der Waals surface area contributed by atoms with Gasteiger partial charge in [0.15, 0.2) is 0 Å². The quantitative estimate of drug-likeness (QED) is 0.574. The van der Waals surface area contributed by atoms with Crippen molar-refractivity contribution in [3.8, 4) is 6.07 Å². The molecule has 3 aromatic rings. The van der Waals surface area contributed by atoms with Crippen LogP contribution in [0.25, 0.3) is 10.9 Å². The lowest BCUT2D eigenvalue weighted by molar-refractivity contribution is -0.133. The average molecular weight is 397 g/mol. The third-order valence-electron chi connectivity index (χ3n) is 5.35. The Hall–Kier alpha value is -3.72. The van der Waals surface area contributed by atoms with Crippen LogP contribution in [0.4, 0.5) is 0 Å². The predicted molar refractivity (Wildman–Crippen MR) is 117 cm³/mol. The average Bonchev–Trinajstić information content (AvgIpc) is 3.39. The first-order valence-electron chi connectivity index (χ1n) is 9.98. The van der Waals surface area contributed by atoms with Gasteiger partial charge in [-0.15, -0.1) is 0 Å². The number of amides is 1. The van der Waals surface area contributed by atoms with E-state index in [0.29, 0.717) is 24.9 Å². The Bertz CT molecular complexity index is 1180. The third-order valence-corrected chi connectivity index (χ3v) is 5.35. The van der Waals surface area contributed by atoms with E-state index in [9.17, 15) is 4.79 Å². The molecule has 30 heavy (non-hydrogen) atoms. The van der Waals surface area contributed by atoms with E-state index in [-0.39, 0.29) is 11.9 Å². The molecule has 0 aliphatic carbocycles. The Kier molecular flexibility index (Phi) is 5.44. The molecule has 1 aliphatic rings. The molecule has 0 saturated carbocycles. The van der Waals surface area contributed by atoms with Crippen molar-refractivity contribution in [1.82, 2.24) is 14.8 Å². The minimum absolute atomic E-state index is 0.000362. The van der Waals surface area contributed by atoms with Crippen LogP contribution in [0.3, 0.4) is 0 Å². The molecule has 0 N–H and O–H groups in total. The van der Waals surface area contributed by atoms with E-state index in [1.54, 1.807) is 17.3 Å². The van der Waals surface area contributed by atoms with Crippen molar-refractivity contribution in [2.75, 3.05) is 0 Å². The number of aromatic nitrogens is 2. The molecule has 4 rings (SSSR count). The molecule has 1 amide bonds. The molecule has 150 valence electrons. The molecule has 0 bridgehead atoms. The van der Waals surface area contributed by atoms with Gasteiger partial charge in [0, 0.05) is 24.4 Å². The van der Waals surface area contributed by atoms with Gasteiger partial charge in [-0.1, -0.05) is 42.0 Å². The Labute approximate surface area is 175 Å². The van der Waals surface area contributed by atoms with Gasteiger partial charge in [-0.2, -0.15) is 15.5 Å². The minimum Gasteiger partial charge on any atom is -0.273 e. The SMILES string of the molecule is C=C(CCC(=O)N1N=CCC1c1cccc(C)c1)Cn1ncc2cc(C#N)ccc21. The topological polar surface area (TPSA) is 74.3 Å². The Morgan fingerprint density at radius 3 is 2.93 bits per heavy atom. The molecule has 1 aromatic heterocycles. The van der Waals surface area contributed by atoms with E-state index in [2.05, 4.69) is 41.9 Å². The molecule has 1 atom stereocenters. The first kappa shape index (κ1) is 19.6. The molecular formula is C24H23N5O. The molecule has 0 radical (unpaired) electrons. The number of carbonyl (C=O) groups excluding carboxylic acids is 1. The standard InChI is InChI=1S/C24H23N5O/c1-17-4-3-5-20(12-17)23-10-11-26-29(23)24(30)9-6-18(2)16-28-22-8-7-19(14-25)13-21(22)15-27-28/h3-5,7-8,11-13,15,23H,2,6,9-10,16H2,1H3. The molecule has 0 fully saturated rings. The van der Waals surface area contributed by atoms with Gasteiger partial charge in [-0.3, -0.25) is 9.48 Å². The number of rotatable bonds is 6. The highest BCUT2D eigenvalue weighted by atomic mass is 16.2. The maximum Gasteiger partial charge on any atom is 0.243 e. The summed E-state index contributed by atoms with van der Waals surface area (Å²) in [5, 5.41) is 20.3. The molecule has 2 heterocycles. The van der Waals surface area contributed by atoms with Crippen molar-refractivity contribution in [3.05, 3.63) is 77.5 Å². The van der Waals surface area contributed by atoms with Crippen molar-refractivity contribution in [2.24, 2.45) is 5.10 Å². The highest BCUT2D eigenvalue weighted by Crippen LogP contribution is 2.29.